The first kappa shape index (κ1) is 25.9. The van der Waals surface area contributed by atoms with Crippen molar-refractivity contribution in [2.45, 2.75) is 38.3 Å². The van der Waals surface area contributed by atoms with Gasteiger partial charge in [-0.15, -0.1) is 22.7 Å². The molecular weight excluding hydrogens is 507 g/mol. The summed E-state index contributed by atoms with van der Waals surface area (Å²) in [6.45, 7) is 2.12. The normalized spacial score (nSPS) is 16.6. The van der Waals surface area contributed by atoms with Gasteiger partial charge in [-0.25, -0.2) is 0 Å². The van der Waals surface area contributed by atoms with Crippen LogP contribution in [0.5, 0.6) is 0 Å². The van der Waals surface area contributed by atoms with Crippen molar-refractivity contribution in [1.82, 2.24) is 0 Å². The number of benzene rings is 1. The molecule has 2 heterocycles. The van der Waals surface area contributed by atoms with E-state index in [0.29, 0.717) is 5.22 Å². The second-order valence-electron chi connectivity index (χ2n) is 8.70. The van der Waals surface area contributed by atoms with Crippen LogP contribution in [0.15, 0.2) is 47.9 Å². The van der Waals surface area contributed by atoms with Crippen LogP contribution in [0.1, 0.15) is 57.8 Å². The molecule has 0 amide bonds. The van der Waals surface area contributed by atoms with Gasteiger partial charge in [0.15, 0.2) is 5.78 Å². The number of allylic oxidation sites excluding steroid dienone is 2. The monoisotopic (exact) mass is 531 g/mol. The SMILES string of the molecule is CC1CC=c2sc(C(=O)C(CCC(=O)O)c3cccc(C(F)(F)F)c3)c(N)c2=CC=C1c1cccs1. The average molecular weight is 532 g/mol. The van der Waals surface area contributed by atoms with E-state index in [9.17, 15) is 27.9 Å². The molecule has 2 atom stereocenters. The third-order valence-electron chi connectivity index (χ3n) is 6.24. The lowest BCUT2D eigenvalue weighted by Crippen LogP contribution is -2.23. The molecule has 9 heteroatoms. The Labute approximate surface area is 213 Å². The standard InChI is InChI=1S/C27H24F3NO3S2/c1-15-7-11-22-20(9-8-18(15)21-6-3-13-35-21)24(31)26(36-22)25(34)19(10-12-23(32)33)16-4-2-5-17(14-16)27(28,29)30/h2-6,8-9,11,13-15,19H,7,10,12,31H2,1H3,(H,32,33). The number of nitrogens with two attached hydrogens (primary N) is 1. The van der Waals surface area contributed by atoms with Crippen LogP contribution < -0.4 is 15.5 Å². The van der Waals surface area contributed by atoms with Gasteiger partial charge in [0, 0.05) is 27.0 Å². The summed E-state index contributed by atoms with van der Waals surface area (Å²) in [5.41, 5.74) is 7.09. The Morgan fingerprint density at radius 1 is 1.19 bits per heavy atom. The number of hydrogen-bond donors (Lipinski definition) is 2. The minimum atomic E-state index is -4.58. The Balaban J connectivity index is 1.78. The molecular formula is C27H24F3NO3S2. The zero-order chi connectivity index (χ0) is 26.0. The molecule has 4 rings (SSSR count). The lowest BCUT2D eigenvalue weighted by Gasteiger charge is -2.17. The lowest BCUT2D eigenvalue weighted by atomic mass is 9.88. The summed E-state index contributed by atoms with van der Waals surface area (Å²) in [7, 11) is 0. The van der Waals surface area contributed by atoms with Crippen LogP contribution in [0.25, 0.3) is 17.7 Å². The number of nitrogen functional groups attached to an aromatic ring is 1. The van der Waals surface area contributed by atoms with Gasteiger partial charge in [-0.05, 0) is 47.4 Å². The van der Waals surface area contributed by atoms with E-state index < -0.39 is 29.4 Å². The smallest absolute Gasteiger partial charge is 0.416 e. The van der Waals surface area contributed by atoms with E-state index in [1.165, 1.54) is 23.5 Å². The van der Waals surface area contributed by atoms with E-state index >= 15 is 0 Å². The topological polar surface area (TPSA) is 80.4 Å². The highest BCUT2D eigenvalue weighted by Crippen LogP contribution is 2.35. The summed E-state index contributed by atoms with van der Waals surface area (Å²) in [6, 6.07) is 8.54. The zero-order valence-corrected chi connectivity index (χ0v) is 21.0. The van der Waals surface area contributed by atoms with Gasteiger partial charge in [-0.1, -0.05) is 49.4 Å². The van der Waals surface area contributed by atoms with Crippen molar-refractivity contribution in [3.05, 3.63) is 78.5 Å². The molecule has 0 bridgehead atoms. The Hall–Kier alpha value is -3.17. The van der Waals surface area contributed by atoms with Crippen molar-refractivity contribution in [2.24, 2.45) is 5.92 Å². The molecule has 0 radical (unpaired) electrons. The molecule has 3 aromatic rings. The Kier molecular flexibility index (Phi) is 7.51. The maximum absolute atomic E-state index is 13.7. The average Bonchev–Trinajstić information content (AvgIpc) is 3.44. The number of Topliss-reactive ketones (excluding diaryl/α,β-unsaturated/α-hetero) is 1. The van der Waals surface area contributed by atoms with Crippen molar-refractivity contribution in [3.63, 3.8) is 0 Å². The van der Waals surface area contributed by atoms with Crippen LogP contribution in [0.3, 0.4) is 0 Å². The number of ketones is 1. The van der Waals surface area contributed by atoms with Crippen molar-refractivity contribution >= 4 is 57.8 Å². The fraction of sp³-hybridized carbons (Fsp3) is 0.259. The molecule has 4 nitrogen and oxygen atoms in total. The second-order valence-corrected chi connectivity index (χ2v) is 10.7. The Morgan fingerprint density at radius 2 is 1.97 bits per heavy atom. The van der Waals surface area contributed by atoms with Gasteiger partial charge in [0.05, 0.1) is 16.1 Å². The minimum absolute atomic E-state index is 0.123. The zero-order valence-electron chi connectivity index (χ0n) is 19.3. The highest BCUT2D eigenvalue weighted by atomic mass is 32.1. The van der Waals surface area contributed by atoms with Crippen LogP contribution >= 0.6 is 22.7 Å². The van der Waals surface area contributed by atoms with Crippen molar-refractivity contribution < 1.29 is 27.9 Å². The summed E-state index contributed by atoms with van der Waals surface area (Å²) >= 11 is 2.85. The molecule has 0 spiro atoms. The highest BCUT2D eigenvalue weighted by molar-refractivity contribution is 7.12. The van der Waals surface area contributed by atoms with E-state index in [1.807, 2.05) is 29.7 Å². The third-order valence-corrected chi connectivity index (χ3v) is 8.39. The van der Waals surface area contributed by atoms with Gasteiger partial charge in [-0.2, -0.15) is 13.2 Å². The number of rotatable bonds is 7. The number of alkyl halides is 3. The number of aliphatic carboxylic acids is 1. The van der Waals surface area contributed by atoms with Gasteiger partial charge in [0.25, 0.3) is 0 Å². The van der Waals surface area contributed by atoms with Crippen LogP contribution in [0.4, 0.5) is 18.9 Å². The number of anilines is 1. The summed E-state index contributed by atoms with van der Waals surface area (Å²) in [5.74, 6) is -2.43. The van der Waals surface area contributed by atoms with Crippen molar-refractivity contribution in [1.29, 1.82) is 0 Å². The number of carbonyl (C=O) groups is 2. The van der Waals surface area contributed by atoms with E-state index in [4.69, 9.17) is 5.73 Å². The highest BCUT2D eigenvalue weighted by Gasteiger charge is 2.33. The summed E-state index contributed by atoms with van der Waals surface area (Å²) in [6.07, 6.45) is 1.58. The summed E-state index contributed by atoms with van der Waals surface area (Å²) in [4.78, 5) is 26.3. The molecule has 188 valence electrons. The van der Waals surface area contributed by atoms with E-state index in [1.54, 1.807) is 11.3 Å². The second kappa shape index (κ2) is 10.4. The number of carboxylic acids is 1. The fourth-order valence-electron chi connectivity index (χ4n) is 4.30. The van der Waals surface area contributed by atoms with Gasteiger partial charge in [-0.3, -0.25) is 9.59 Å². The summed E-state index contributed by atoms with van der Waals surface area (Å²) in [5, 5.41) is 11.9. The van der Waals surface area contributed by atoms with Crippen molar-refractivity contribution in [3.8, 4) is 0 Å². The predicted molar refractivity (Wildman–Crippen MR) is 138 cm³/mol. The van der Waals surface area contributed by atoms with Crippen LogP contribution in [0.2, 0.25) is 0 Å². The van der Waals surface area contributed by atoms with Gasteiger partial charge in [0.1, 0.15) is 0 Å². The molecule has 0 saturated carbocycles. The predicted octanol–water partition coefficient (Wildman–Crippen LogP) is 5.93. The first-order chi connectivity index (χ1) is 17.1. The number of hydrogen-bond acceptors (Lipinski definition) is 5. The quantitative estimate of drug-likeness (QED) is 0.371. The fourth-order valence-corrected chi connectivity index (χ4v) is 6.32. The van der Waals surface area contributed by atoms with E-state index in [0.717, 1.165) is 33.5 Å². The molecule has 0 aliphatic heterocycles. The number of carboxylic acid groups (broad SMARTS) is 1. The van der Waals surface area contributed by atoms with Gasteiger partial charge >= 0.3 is 12.1 Å². The Bertz CT molecular complexity index is 1440. The van der Waals surface area contributed by atoms with Crippen LogP contribution in [-0.4, -0.2) is 16.9 Å². The minimum Gasteiger partial charge on any atom is -0.481 e. The maximum Gasteiger partial charge on any atom is 0.416 e. The van der Waals surface area contributed by atoms with E-state index in [-0.39, 0.29) is 34.9 Å². The molecule has 3 N–H and O–H groups in total. The number of carbonyl (C=O) groups excluding carboxylic acids is 1. The van der Waals surface area contributed by atoms with Crippen molar-refractivity contribution in [2.75, 3.05) is 5.73 Å². The number of thiophene rings is 2. The van der Waals surface area contributed by atoms with Gasteiger partial charge < -0.3 is 10.8 Å². The lowest BCUT2D eigenvalue weighted by molar-refractivity contribution is -0.138. The van der Waals surface area contributed by atoms with Crippen LogP contribution in [0, 0.1) is 5.92 Å². The Morgan fingerprint density at radius 3 is 2.64 bits per heavy atom. The number of halogens is 3. The number of fused-ring (bicyclic) bond motifs is 1. The van der Waals surface area contributed by atoms with E-state index in [2.05, 4.69) is 13.0 Å². The molecule has 1 aliphatic carbocycles. The van der Waals surface area contributed by atoms with Crippen LogP contribution in [-0.2, 0) is 11.0 Å². The molecule has 1 aliphatic rings. The molecule has 36 heavy (non-hydrogen) atoms. The molecule has 0 fully saturated rings. The van der Waals surface area contributed by atoms with Gasteiger partial charge in [0.2, 0.25) is 0 Å². The third kappa shape index (κ3) is 5.47. The summed E-state index contributed by atoms with van der Waals surface area (Å²) < 4.78 is 40.8. The maximum atomic E-state index is 13.7. The molecule has 2 aromatic heterocycles. The largest absolute Gasteiger partial charge is 0.481 e. The first-order valence-electron chi connectivity index (χ1n) is 11.3. The molecule has 0 saturated heterocycles. The molecule has 2 unspecified atom stereocenters. The molecule has 1 aromatic carbocycles. The first-order valence-corrected chi connectivity index (χ1v) is 13.0.